The van der Waals surface area contributed by atoms with Gasteiger partial charge in [0.2, 0.25) is 0 Å². The largest absolute Gasteiger partial charge is 0.0683 e. The van der Waals surface area contributed by atoms with E-state index in [0.29, 0.717) is 10.8 Å². The lowest BCUT2D eigenvalue weighted by molar-refractivity contribution is 0.0992. The minimum Gasteiger partial charge on any atom is -0.0683 e. The van der Waals surface area contributed by atoms with Crippen molar-refractivity contribution in [2.75, 3.05) is 0 Å². The summed E-state index contributed by atoms with van der Waals surface area (Å²) in [5, 5.41) is 0. The Morgan fingerprint density at radius 2 is 0.714 bits per heavy atom. The normalized spacial score (nSPS) is 16.7. The maximum atomic E-state index is 2.37. The highest BCUT2D eigenvalue weighted by molar-refractivity contribution is 4.81. The van der Waals surface area contributed by atoms with Crippen molar-refractivity contribution < 1.29 is 0 Å². The van der Waals surface area contributed by atoms with E-state index in [1.54, 1.807) is 0 Å². The highest BCUT2D eigenvalue weighted by atomic mass is 14.4. The van der Waals surface area contributed by atoms with E-state index in [1.807, 2.05) is 13.8 Å². The average Bonchev–Trinajstić information content (AvgIpc) is 2.02. The summed E-state index contributed by atoms with van der Waals surface area (Å²) in [6.45, 7) is 22.7. The first-order valence-corrected chi connectivity index (χ1v) is 6.07. The molecule has 0 saturated carbocycles. The third-order valence-corrected chi connectivity index (χ3v) is 3.48. The molecule has 0 nitrogen and oxygen atoms in total. The highest BCUT2D eigenvalue weighted by Crippen LogP contribution is 2.40. The first kappa shape index (κ1) is 16.4. The van der Waals surface area contributed by atoms with E-state index in [9.17, 15) is 0 Å². The Balaban J connectivity index is 0. The molecule has 0 aromatic heterocycles. The Labute approximate surface area is 92.5 Å². The summed E-state index contributed by atoms with van der Waals surface area (Å²) in [6.07, 6.45) is 0. The van der Waals surface area contributed by atoms with E-state index < -0.39 is 0 Å². The van der Waals surface area contributed by atoms with Gasteiger partial charge in [0, 0.05) is 0 Å². The number of hydrogen-bond donors (Lipinski definition) is 0. The van der Waals surface area contributed by atoms with Crippen LogP contribution >= 0.6 is 0 Å². The van der Waals surface area contributed by atoms with E-state index in [1.165, 1.54) is 0 Å². The van der Waals surface area contributed by atoms with Crippen LogP contribution in [0.4, 0.5) is 0 Å². The van der Waals surface area contributed by atoms with E-state index >= 15 is 0 Å². The average molecular weight is 200 g/mol. The van der Waals surface area contributed by atoms with Gasteiger partial charge in [-0.2, -0.15) is 0 Å². The number of hydrogen-bond acceptors (Lipinski definition) is 0. The maximum Gasteiger partial charge on any atom is -0.0354 e. The Bertz CT molecular complexity index is 113. The van der Waals surface area contributed by atoms with Gasteiger partial charge in [0.15, 0.2) is 0 Å². The lowest BCUT2D eigenvalue weighted by Gasteiger charge is -2.39. The molecule has 0 aliphatic carbocycles. The fourth-order valence-electron chi connectivity index (χ4n) is 1.50. The van der Waals surface area contributed by atoms with Gasteiger partial charge < -0.3 is 0 Å². The molecule has 0 aliphatic rings. The summed E-state index contributed by atoms with van der Waals surface area (Å²) in [5.74, 6) is 1.55. The molecule has 0 heteroatoms. The second-order valence-electron chi connectivity index (χ2n) is 6.31. The lowest BCUT2D eigenvalue weighted by atomic mass is 9.66. The second kappa shape index (κ2) is 5.78. The summed E-state index contributed by atoms with van der Waals surface area (Å²) < 4.78 is 0. The van der Waals surface area contributed by atoms with Crippen molar-refractivity contribution in [2.45, 2.75) is 69.2 Å². The monoisotopic (exact) mass is 200 g/mol. The zero-order valence-corrected chi connectivity index (χ0v) is 12.2. The molecule has 0 aromatic rings. The van der Waals surface area contributed by atoms with Gasteiger partial charge in [-0.05, 0) is 22.7 Å². The van der Waals surface area contributed by atoms with Crippen molar-refractivity contribution in [3.63, 3.8) is 0 Å². The Morgan fingerprint density at radius 1 is 0.571 bits per heavy atom. The Kier molecular flexibility index (Phi) is 6.78. The molecule has 0 heterocycles. The second-order valence-corrected chi connectivity index (χ2v) is 6.31. The molecule has 2 unspecified atom stereocenters. The molecule has 0 amide bonds. The highest BCUT2D eigenvalue weighted by Gasteiger charge is 2.32. The predicted molar refractivity (Wildman–Crippen MR) is 68.6 cm³/mol. The van der Waals surface area contributed by atoms with Crippen LogP contribution in [-0.2, 0) is 0 Å². The van der Waals surface area contributed by atoms with Crippen molar-refractivity contribution >= 4 is 0 Å². The molecule has 0 aromatic carbocycles. The van der Waals surface area contributed by atoms with E-state index in [2.05, 4.69) is 55.4 Å². The molecule has 0 aliphatic heterocycles. The summed E-state index contributed by atoms with van der Waals surface area (Å²) in [6, 6.07) is 0. The molecular weight excluding hydrogens is 168 g/mol. The van der Waals surface area contributed by atoms with Crippen LogP contribution in [0.5, 0.6) is 0 Å². The van der Waals surface area contributed by atoms with Crippen LogP contribution in [0.15, 0.2) is 0 Å². The van der Waals surface area contributed by atoms with Gasteiger partial charge in [-0.1, -0.05) is 69.2 Å². The smallest absolute Gasteiger partial charge is 0.0354 e. The summed E-state index contributed by atoms with van der Waals surface area (Å²) in [4.78, 5) is 0. The van der Waals surface area contributed by atoms with Gasteiger partial charge in [0.1, 0.15) is 0 Å². The first-order valence-electron chi connectivity index (χ1n) is 6.07. The molecule has 0 fully saturated rings. The first-order chi connectivity index (χ1) is 6.07. The van der Waals surface area contributed by atoms with Gasteiger partial charge >= 0.3 is 0 Å². The Morgan fingerprint density at radius 3 is 0.786 bits per heavy atom. The third-order valence-electron chi connectivity index (χ3n) is 3.48. The van der Waals surface area contributed by atoms with Crippen molar-refractivity contribution in [3.8, 4) is 0 Å². The maximum absolute atomic E-state index is 2.37. The minimum atomic E-state index is 0.437. The van der Waals surface area contributed by atoms with Crippen LogP contribution in [0.25, 0.3) is 0 Å². The van der Waals surface area contributed by atoms with E-state index in [4.69, 9.17) is 0 Å². The molecular formula is C14H32. The fourth-order valence-corrected chi connectivity index (χ4v) is 1.50. The van der Waals surface area contributed by atoms with Crippen LogP contribution in [0, 0.1) is 22.7 Å². The summed E-state index contributed by atoms with van der Waals surface area (Å²) in [7, 11) is 0. The number of rotatable bonds is 1. The molecule has 0 rings (SSSR count). The van der Waals surface area contributed by atoms with Gasteiger partial charge in [-0.15, -0.1) is 0 Å². The molecule has 0 N–H and O–H groups in total. The van der Waals surface area contributed by atoms with Crippen molar-refractivity contribution in [1.82, 2.24) is 0 Å². The van der Waals surface area contributed by atoms with Crippen LogP contribution in [0.1, 0.15) is 69.2 Å². The van der Waals surface area contributed by atoms with Gasteiger partial charge in [0.05, 0.1) is 0 Å². The van der Waals surface area contributed by atoms with Crippen LogP contribution < -0.4 is 0 Å². The van der Waals surface area contributed by atoms with Crippen LogP contribution in [-0.4, -0.2) is 0 Å². The molecule has 0 radical (unpaired) electrons. The molecule has 0 bridgehead atoms. The molecule has 14 heavy (non-hydrogen) atoms. The van der Waals surface area contributed by atoms with Crippen LogP contribution in [0.2, 0.25) is 0 Å². The fraction of sp³-hybridized carbons (Fsp3) is 1.00. The minimum absolute atomic E-state index is 0.437. The zero-order valence-electron chi connectivity index (χ0n) is 12.2. The Hall–Kier alpha value is 0. The standard InChI is InChI=1S/C12H26.C2H6/c1-9(11(3,4)5)10(2)12(6,7)8;1-2/h9-10H,1-8H3;1-2H3. The van der Waals surface area contributed by atoms with E-state index in [-0.39, 0.29) is 0 Å². The van der Waals surface area contributed by atoms with Crippen molar-refractivity contribution in [1.29, 1.82) is 0 Å². The van der Waals surface area contributed by atoms with Crippen LogP contribution in [0.3, 0.4) is 0 Å². The molecule has 2 atom stereocenters. The zero-order chi connectivity index (χ0) is 12.2. The lowest BCUT2D eigenvalue weighted by Crippen LogP contribution is -2.32. The summed E-state index contributed by atoms with van der Waals surface area (Å²) >= 11 is 0. The van der Waals surface area contributed by atoms with Gasteiger partial charge in [-0.3, -0.25) is 0 Å². The quantitative estimate of drug-likeness (QED) is 0.533. The van der Waals surface area contributed by atoms with Crippen molar-refractivity contribution in [2.24, 2.45) is 22.7 Å². The van der Waals surface area contributed by atoms with E-state index in [0.717, 1.165) is 11.8 Å². The topological polar surface area (TPSA) is 0 Å². The van der Waals surface area contributed by atoms with Gasteiger partial charge in [0.25, 0.3) is 0 Å². The third kappa shape index (κ3) is 5.67. The molecule has 0 saturated heterocycles. The molecule has 88 valence electrons. The predicted octanol–water partition coefficient (Wildman–Crippen LogP) is 5.38. The van der Waals surface area contributed by atoms with Crippen molar-refractivity contribution in [3.05, 3.63) is 0 Å². The summed E-state index contributed by atoms with van der Waals surface area (Å²) in [5.41, 5.74) is 0.874. The molecule has 0 spiro atoms. The SMILES string of the molecule is CC.CC(C(C)C(C)(C)C)C(C)(C)C. The van der Waals surface area contributed by atoms with Gasteiger partial charge in [-0.25, -0.2) is 0 Å².